The second kappa shape index (κ2) is 4.96. The normalized spacial score (nSPS) is 13.4. The molecule has 1 atom stereocenters. The molecule has 3 nitrogen and oxygen atoms in total. The number of benzene rings is 1. The minimum Gasteiger partial charge on any atom is -0.369 e. The van der Waals surface area contributed by atoms with Crippen LogP contribution < -0.4 is 5.73 Å². The second-order valence-corrected chi connectivity index (χ2v) is 4.79. The third-order valence-corrected chi connectivity index (χ3v) is 3.82. The largest absolute Gasteiger partial charge is 0.369 e. The summed E-state index contributed by atoms with van der Waals surface area (Å²) in [6.45, 7) is 6.46. The van der Waals surface area contributed by atoms with Crippen LogP contribution in [-0.2, 0) is 0 Å². The lowest BCUT2D eigenvalue weighted by Gasteiger charge is -2.24. The fourth-order valence-electron chi connectivity index (χ4n) is 2.69. The van der Waals surface area contributed by atoms with E-state index in [1.165, 1.54) is 12.1 Å². The fraction of sp³-hybridized carbons (Fsp3) is 0.500. The van der Waals surface area contributed by atoms with Crippen LogP contribution in [0.2, 0.25) is 0 Å². The maximum Gasteiger partial charge on any atom is 0.201 e. The zero-order chi connectivity index (χ0) is 13.3. The molecule has 0 saturated heterocycles. The van der Waals surface area contributed by atoms with Crippen LogP contribution >= 0.6 is 0 Å². The molecule has 0 bridgehead atoms. The summed E-state index contributed by atoms with van der Waals surface area (Å²) in [5.41, 5.74) is 7.52. The van der Waals surface area contributed by atoms with Gasteiger partial charge in [-0.05, 0) is 31.0 Å². The first-order valence-electron chi connectivity index (χ1n) is 6.51. The highest BCUT2D eigenvalue weighted by Gasteiger charge is 2.20. The van der Waals surface area contributed by atoms with Gasteiger partial charge in [-0.1, -0.05) is 26.7 Å². The van der Waals surface area contributed by atoms with Crippen molar-refractivity contribution in [3.8, 4) is 0 Å². The van der Waals surface area contributed by atoms with Crippen molar-refractivity contribution in [3.05, 3.63) is 24.0 Å². The molecule has 0 fully saturated rings. The van der Waals surface area contributed by atoms with Crippen LogP contribution in [0.4, 0.5) is 10.3 Å². The Labute approximate surface area is 107 Å². The van der Waals surface area contributed by atoms with Gasteiger partial charge in [0.1, 0.15) is 5.82 Å². The van der Waals surface area contributed by atoms with Crippen molar-refractivity contribution in [2.24, 2.45) is 5.92 Å². The summed E-state index contributed by atoms with van der Waals surface area (Å²) in [6, 6.07) is 4.84. The van der Waals surface area contributed by atoms with E-state index in [1.54, 1.807) is 6.07 Å². The van der Waals surface area contributed by atoms with Crippen LogP contribution in [0.1, 0.15) is 39.7 Å². The van der Waals surface area contributed by atoms with E-state index in [-0.39, 0.29) is 11.9 Å². The van der Waals surface area contributed by atoms with Crippen LogP contribution in [0, 0.1) is 11.7 Å². The SMILES string of the molecule is CCC(CC)C(C)n1c(N)nc2ccc(F)cc21. The van der Waals surface area contributed by atoms with Gasteiger partial charge in [-0.3, -0.25) is 0 Å². The number of fused-ring (bicyclic) bond motifs is 1. The Morgan fingerprint density at radius 2 is 2.00 bits per heavy atom. The Kier molecular flexibility index (Phi) is 3.55. The van der Waals surface area contributed by atoms with E-state index in [9.17, 15) is 4.39 Å². The standard InChI is InChI=1S/C14H20FN3/c1-4-10(5-2)9(3)18-13-8-11(15)6-7-12(13)17-14(18)16/h6-10H,4-5H2,1-3H3,(H2,16,17). The maximum absolute atomic E-state index is 13.4. The lowest BCUT2D eigenvalue weighted by Crippen LogP contribution is -2.17. The lowest BCUT2D eigenvalue weighted by molar-refractivity contribution is 0.342. The fourth-order valence-corrected chi connectivity index (χ4v) is 2.69. The summed E-state index contributed by atoms with van der Waals surface area (Å²) in [5.74, 6) is 0.739. The van der Waals surface area contributed by atoms with Gasteiger partial charge < -0.3 is 10.3 Å². The van der Waals surface area contributed by atoms with Crippen LogP contribution in [0.15, 0.2) is 18.2 Å². The molecule has 0 amide bonds. The Morgan fingerprint density at radius 1 is 1.33 bits per heavy atom. The number of hydrogen-bond donors (Lipinski definition) is 1. The van der Waals surface area contributed by atoms with Crippen molar-refractivity contribution in [3.63, 3.8) is 0 Å². The van der Waals surface area contributed by atoms with Crippen molar-refractivity contribution in [2.45, 2.75) is 39.7 Å². The van der Waals surface area contributed by atoms with E-state index < -0.39 is 0 Å². The van der Waals surface area contributed by atoms with Crippen LogP contribution in [0.5, 0.6) is 0 Å². The van der Waals surface area contributed by atoms with E-state index >= 15 is 0 Å². The van der Waals surface area contributed by atoms with Crippen molar-refractivity contribution >= 4 is 17.0 Å². The molecular formula is C14H20FN3. The van der Waals surface area contributed by atoms with Gasteiger partial charge >= 0.3 is 0 Å². The number of nitrogens with two attached hydrogens (primary N) is 1. The van der Waals surface area contributed by atoms with Crippen molar-refractivity contribution < 1.29 is 4.39 Å². The molecule has 0 radical (unpaired) electrons. The third kappa shape index (κ3) is 2.07. The van der Waals surface area contributed by atoms with Crippen molar-refractivity contribution in [1.82, 2.24) is 9.55 Å². The number of imidazole rings is 1. The van der Waals surface area contributed by atoms with Gasteiger partial charge in [0.05, 0.1) is 11.0 Å². The number of anilines is 1. The van der Waals surface area contributed by atoms with E-state index in [2.05, 4.69) is 25.8 Å². The molecule has 2 N–H and O–H groups in total. The molecule has 18 heavy (non-hydrogen) atoms. The summed E-state index contributed by atoms with van der Waals surface area (Å²) < 4.78 is 15.3. The highest BCUT2D eigenvalue weighted by molar-refractivity contribution is 5.78. The number of nitrogen functional groups attached to an aromatic ring is 1. The lowest BCUT2D eigenvalue weighted by atomic mass is 9.95. The molecule has 2 aromatic rings. The molecule has 0 aliphatic heterocycles. The van der Waals surface area contributed by atoms with Gasteiger partial charge in [-0.15, -0.1) is 0 Å². The van der Waals surface area contributed by atoms with Gasteiger partial charge in [0.15, 0.2) is 0 Å². The molecule has 0 spiro atoms. The first-order valence-corrected chi connectivity index (χ1v) is 6.51. The monoisotopic (exact) mass is 249 g/mol. The first-order chi connectivity index (χ1) is 8.58. The van der Waals surface area contributed by atoms with Gasteiger partial charge in [-0.2, -0.15) is 0 Å². The molecular weight excluding hydrogens is 229 g/mol. The zero-order valence-corrected chi connectivity index (χ0v) is 11.2. The number of aromatic nitrogens is 2. The predicted octanol–water partition coefficient (Wildman–Crippen LogP) is 3.75. The average molecular weight is 249 g/mol. The molecule has 1 heterocycles. The number of hydrogen-bond acceptors (Lipinski definition) is 2. The number of rotatable bonds is 4. The van der Waals surface area contributed by atoms with E-state index in [0.717, 1.165) is 23.9 Å². The van der Waals surface area contributed by atoms with Crippen LogP contribution in [0.3, 0.4) is 0 Å². The van der Waals surface area contributed by atoms with Crippen molar-refractivity contribution in [2.75, 3.05) is 5.73 Å². The van der Waals surface area contributed by atoms with Gasteiger partial charge in [0, 0.05) is 6.04 Å². The molecule has 4 heteroatoms. The average Bonchev–Trinajstić information content (AvgIpc) is 2.65. The molecule has 1 unspecified atom stereocenters. The Hall–Kier alpha value is -1.58. The van der Waals surface area contributed by atoms with Gasteiger partial charge in [0.2, 0.25) is 5.95 Å². The summed E-state index contributed by atoms with van der Waals surface area (Å²) in [7, 11) is 0. The van der Waals surface area contributed by atoms with Gasteiger partial charge in [-0.25, -0.2) is 9.37 Å². The summed E-state index contributed by atoms with van der Waals surface area (Å²) in [5, 5.41) is 0. The molecule has 2 rings (SSSR count). The molecule has 0 saturated carbocycles. The van der Waals surface area contributed by atoms with Gasteiger partial charge in [0.25, 0.3) is 0 Å². The number of nitrogens with zero attached hydrogens (tertiary/aromatic N) is 2. The Bertz CT molecular complexity index is 543. The minimum atomic E-state index is -0.250. The smallest absolute Gasteiger partial charge is 0.201 e. The Morgan fingerprint density at radius 3 is 2.61 bits per heavy atom. The maximum atomic E-state index is 13.4. The predicted molar refractivity (Wildman–Crippen MR) is 72.9 cm³/mol. The highest BCUT2D eigenvalue weighted by Crippen LogP contribution is 2.30. The highest BCUT2D eigenvalue weighted by atomic mass is 19.1. The Balaban J connectivity index is 2.55. The molecule has 98 valence electrons. The summed E-state index contributed by atoms with van der Waals surface area (Å²) >= 11 is 0. The first kappa shape index (κ1) is 12.9. The summed E-state index contributed by atoms with van der Waals surface area (Å²) in [4.78, 5) is 4.30. The summed E-state index contributed by atoms with van der Waals surface area (Å²) in [6.07, 6.45) is 2.15. The number of halogens is 1. The molecule has 0 aliphatic rings. The van der Waals surface area contributed by atoms with Crippen molar-refractivity contribution in [1.29, 1.82) is 0 Å². The molecule has 1 aromatic carbocycles. The molecule has 1 aromatic heterocycles. The molecule has 0 aliphatic carbocycles. The van der Waals surface area contributed by atoms with E-state index in [4.69, 9.17) is 5.73 Å². The quantitative estimate of drug-likeness (QED) is 0.896. The zero-order valence-electron chi connectivity index (χ0n) is 11.2. The topological polar surface area (TPSA) is 43.8 Å². The van der Waals surface area contributed by atoms with E-state index in [1.807, 2.05) is 4.57 Å². The van der Waals surface area contributed by atoms with Crippen LogP contribution in [0.25, 0.3) is 11.0 Å². The van der Waals surface area contributed by atoms with E-state index in [0.29, 0.717) is 11.9 Å². The minimum absolute atomic E-state index is 0.229. The van der Waals surface area contributed by atoms with Crippen LogP contribution in [-0.4, -0.2) is 9.55 Å². The second-order valence-electron chi connectivity index (χ2n) is 4.79. The third-order valence-electron chi connectivity index (χ3n) is 3.82.